The average Bonchev–Trinajstić information content (AvgIpc) is 2.99. The van der Waals surface area contributed by atoms with Crippen LogP contribution < -0.4 is 5.32 Å². The molecule has 0 unspecified atom stereocenters. The zero-order chi connectivity index (χ0) is 18.6. The molecule has 0 aromatic heterocycles. The van der Waals surface area contributed by atoms with E-state index >= 15 is 0 Å². The summed E-state index contributed by atoms with van der Waals surface area (Å²) in [5.74, 6) is 0. The minimum atomic E-state index is -0.559. The number of nitro groups is 1. The lowest BCUT2D eigenvalue weighted by atomic mass is 10.1. The maximum Gasteiger partial charge on any atom is 0.410 e. The summed E-state index contributed by atoms with van der Waals surface area (Å²) in [6.45, 7) is 6.22. The topological polar surface area (TPSA) is 105 Å². The van der Waals surface area contributed by atoms with Gasteiger partial charge < -0.3 is 20.1 Å². The number of nitro benzene ring substituents is 1. The van der Waals surface area contributed by atoms with E-state index in [0.717, 1.165) is 12.8 Å². The Morgan fingerprint density at radius 1 is 1.48 bits per heavy atom. The van der Waals surface area contributed by atoms with Crippen LogP contribution in [0.1, 0.15) is 39.2 Å². The van der Waals surface area contributed by atoms with E-state index in [9.17, 15) is 14.9 Å². The molecular weight excluding hydrogens is 326 g/mol. The third-order valence-corrected chi connectivity index (χ3v) is 3.97. The van der Waals surface area contributed by atoms with Crippen molar-refractivity contribution in [3.05, 3.63) is 33.9 Å². The van der Waals surface area contributed by atoms with Crippen LogP contribution in [0.25, 0.3) is 0 Å². The number of carbonyl (C=O) groups is 1. The van der Waals surface area contributed by atoms with E-state index in [2.05, 4.69) is 5.32 Å². The Hall–Kier alpha value is -2.35. The number of aliphatic hydroxyl groups is 1. The number of ether oxygens (including phenoxy) is 1. The van der Waals surface area contributed by atoms with Crippen molar-refractivity contribution >= 4 is 17.5 Å². The molecule has 0 saturated carbocycles. The second-order valence-electron chi connectivity index (χ2n) is 7.12. The molecule has 2 N–H and O–H groups in total. The van der Waals surface area contributed by atoms with Crippen molar-refractivity contribution in [1.29, 1.82) is 0 Å². The molecule has 138 valence electrons. The van der Waals surface area contributed by atoms with Gasteiger partial charge in [-0.25, -0.2) is 4.79 Å². The van der Waals surface area contributed by atoms with Crippen LogP contribution in [0.4, 0.5) is 16.2 Å². The fraction of sp³-hybridized carbons (Fsp3) is 0.588. The molecule has 0 bridgehead atoms. The number of rotatable bonds is 5. The number of hydrogen-bond donors (Lipinski definition) is 2. The van der Waals surface area contributed by atoms with Crippen LogP contribution in [0.5, 0.6) is 0 Å². The number of nitrogens with zero attached hydrogens (tertiary/aromatic N) is 2. The number of nitrogens with one attached hydrogen (secondary N) is 1. The van der Waals surface area contributed by atoms with Crippen LogP contribution in [0.2, 0.25) is 0 Å². The number of aliphatic hydroxyl groups excluding tert-OH is 1. The number of benzene rings is 1. The average molecular weight is 351 g/mol. The Morgan fingerprint density at radius 2 is 2.20 bits per heavy atom. The molecule has 1 atom stereocenters. The van der Waals surface area contributed by atoms with Gasteiger partial charge in [0.05, 0.1) is 17.6 Å². The van der Waals surface area contributed by atoms with Gasteiger partial charge in [0.25, 0.3) is 5.69 Å². The van der Waals surface area contributed by atoms with Crippen LogP contribution >= 0.6 is 0 Å². The van der Waals surface area contributed by atoms with Crippen LogP contribution in [0.3, 0.4) is 0 Å². The molecule has 1 aromatic carbocycles. The van der Waals surface area contributed by atoms with Gasteiger partial charge in [-0.3, -0.25) is 10.1 Å². The van der Waals surface area contributed by atoms with Crippen molar-refractivity contribution in [1.82, 2.24) is 4.90 Å². The lowest BCUT2D eigenvalue weighted by molar-refractivity contribution is -0.384. The summed E-state index contributed by atoms with van der Waals surface area (Å²) in [5, 5.41) is 23.4. The van der Waals surface area contributed by atoms with E-state index in [0.29, 0.717) is 24.3 Å². The van der Waals surface area contributed by atoms with Crippen LogP contribution in [-0.4, -0.2) is 45.8 Å². The first kappa shape index (κ1) is 19.0. The lowest BCUT2D eigenvalue weighted by Gasteiger charge is -2.28. The zero-order valence-electron chi connectivity index (χ0n) is 14.8. The summed E-state index contributed by atoms with van der Waals surface area (Å²) in [5.41, 5.74) is 0.205. The Balaban J connectivity index is 2.05. The van der Waals surface area contributed by atoms with Crippen molar-refractivity contribution < 1.29 is 19.6 Å². The predicted molar refractivity (Wildman–Crippen MR) is 93.5 cm³/mol. The molecule has 1 amide bonds. The van der Waals surface area contributed by atoms with E-state index in [1.54, 1.807) is 17.0 Å². The largest absolute Gasteiger partial charge is 0.444 e. The highest BCUT2D eigenvalue weighted by molar-refractivity contribution is 5.69. The molecule has 1 saturated heterocycles. The van der Waals surface area contributed by atoms with E-state index in [4.69, 9.17) is 9.84 Å². The first-order valence-electron chi connectivity index (χ1n) is 8.33. The van der Waals surface area contributed by atoms with E-state index in [1.165, 1.54) is 6.07 Å². The molecule has 8 nitrogen and oxygen atoms in total. The maximum atomic E-state index is 12.3. The first-order chi connectivity index (χ1) is 11.7. The van der Waals surface area contributed by atoms with Crippen LogP contribution in [0, 0.1) is 10.1 Å². The third-order valence-electron chi connectivity index (χ3n) is 3.97. The number of amides is 1. The monoisotopic (exact) mass is 351 g/mol. The summed E-state index contributed by atoms with van der Waals surface area (Å²) in [6, 6.07) is 4.49. The van der Waals surface area contributed by atoms with Gasteiger partial charge in [0.1, 0.15) is 11.3 Å². The van der Waals surface area contributed by atoms with Gasteiger partial charge in [-0.15, -0.1) is 0 Å². The van der Waals surface area contributed by atoms with E-state index < -0.39 is 10.5 Å². The van der Waals surface area contributed by atoms with Crippen LogP contribution in [-0.2, 0) is 11.3 Å². The fourth-order valence-electron chi connectivity index (χ4n) is 2.81. The Labute approximate surface area is 146 Å². The zero-order valence-corrected chi connectivity index (χ0v) is 14.8. The molecule has 8 heteroatoms. The quantitative estimate of drug-likeness (QED) is 0.624. The van der Waals surface area contributed by atoms with E-state index in [1.807, 2.05) is 20.8 Å². The Kier molecular flexibility index (Phi) is 5.84. The molecule has 1 aliphatic heterocycles. The molecular formula is C17H25N3O5. The minimum absolute atomic E-state index is 0.0769. The van der Waals surface area contributed by atoms with Gasteiger partial charge in [0, 0.05) is 19.2 Å². The second kappa shape index (κ2) is 7.69. The van der Waals surface area contributed by atoms with Crippen molar-refractivity contribution in [2.24, 2.45) is 0 Å². The van der Waals surface area contributed by atoms with Gasteiger partial charge >= 0.3 is 6.09 Å². The molecule has 0 radical (unpaired) electrons. The lowest BCUT2D eigenvalue weighted by Crippen LogP contribution is -2.42. The van der Waals surface area contributed by atoms with Crippen molar-refractivity contribution in [3.63, 3.8) is 0 Å². The molecule has 0 spiro atoms. The van der Waals surface area contributed by atoms with Gasteiger partial charge in [-0.2, -0.15) is 0 Å². The SMILES string of the molecule is CC(C)(C)OC(=O)N1CCC[C@@H]1CNc1ccc(CO)cc1[N+](=O)[O-]. The highest BCUT2D eigenvalue weighted by Crippen LogP contribution is 2.27. The second-order valence-corrected chi connectivity index (χ2v) is 7.12. The Morgan fingerprint density at radius 3 is 2.80 bits per heavy atom. The molecule has 1 heterocycles. The molecule has 1 aliphatic rings. The third kappa shape index (κ3) is 5.06. The maximum absolute atomic E-state index is 12.3. The first-order valence-corrected chi connectivity index (χ1v) is 8.33. The number of hydrogen-bond acceptors (Lipinski definition) is 6. The summed E-state index contributed by atoms with van der Waals surface area (Å²) in [4.78, 5) is 24.7. The number of carbonyl (C=O) groups excluding carboxylic acids is 1. The molecule has 2 rings (SSSR count). The summed E-state index contributed by atoms with van der Waals surface area (Å²) in [6.07, 6.45) is 1.33. The normalized spacial score (nSPS) is 17.4. The van der Waals surface area contributed by atoms with Gasteiger partial charge in [0.2, 0.25) is 0 Å². The van der Waals surface area contributed by atoms with Gasteiger partial charge in [-0.05, 0) is 45.2 Å². The predicted octanol–water partition coefficient (Wildman–Crippen LogP) is 2.90. The molecule has 0 aliphatic carbocycles. The summed E-state index contributed by atoms with van der Waals surface area (Å²) in [7, 11) is 0. The standard InChI is InChI=1S/C17H25N3O5/c1-17(2,3)25-16(22)19-8-4-5-13(19)10-18-14-7-6-12(11-21)9-15(14)20(23)24/h6-7,9,13,18,21H,4-5,8,10-11H2,1-3H3/t13-/m1/s1. The molecule has 1 aromatic rings. The van der Waals surface area contributed by atoms with E-state index in [-0.39, 0.29) is 24.4 Å². The summed E-state index contributed by atoms with van der Waals surface area (Å²) >= 11 is 0. The fourth-order valence-corrected chi connectivity index (χ4v) is 2.81. The number of likely N-dealkylation sites (tertiary alicyclic amines) is 1. The smallest absolute Gasteiger partial charge is 0.410 e. The molecule has 1 fully saturated rings. The van der Waals surface area contributed by atoms with Gasteiger partial charge in [-0.1, -0.05) is 6.07 Å². The number of anilines is 1. The van der Waals surface area contributed by atoms with Crippen molar-refractivity contribution in [2.75, 3.05) is 18.4 Å². The molecule has 25 heavy (non-hydrogen) atoms. The summed E-state index contributed by atoms with van der Waals surface area (Å²) < 4.78 is 5.42. The minimum Gasteiger partial charge on any atom is -0.444 e. The highest BCUT2D eigenvalue weighted by Gasteiger charge is 2.32. The van der Waals surface area contributed by atoms with Gasteiger partial charge in [0.15, 0.2) is 0 Å². The Bertz CT molecular complexity index is 642. The highest BCUT2D eigenvalue weighted by atomic mass is 16.6. The van der Waals surface area contributed by atoms with Crippen molar-refractivity contribution in [2.45, 2.75) is 51.9 Å². The van der Waals surface area contributed by atoms with Crippen LogP contribution in [0.15, 0.2) is 18.2 Å². The van der Waals surface area contributed by atoms with Crippen molar-refractivity contribution in [3.8, 4) is 0 Å².